The highest BCUT2D eigenvalue weighted by molar-refractivity contribution is 6.18. The van der Waals surface area contributed by atoms with E-state index >= 15 is 0 Å². The van der Waals surface area contributed by atoms with E-state index in [1.807, 2.05) is 30.3 Å². The van der Waals surface area contributed by atoms with Crippen molar-refractivity contribution in [1.82, 2.24) is 25.1 Å². The summed E-state index contributed by atoms with van der Waals surface area (Å²) in [6.45, 7) is 2.31. The van der Waals surface area contributed by atoms with Gasteiger partial charge in [-0.05, 0) is 35.4 Å². The Morgan fingerprint density at radius 2 is 2.00 bits per heavy atom. The summed E-state index contributed by atoms with van der Waals surface area (Å²) in [5.41, 5.74) is 1.14. The summed E-state index contributed by atoms with van der Waals surface area (Å²) in [4.78, 5) is 25.6. The molecule has 1 aromatic heterocycles. The monoisotopic (exact) mass is 363 g/mol. The minimum Gasteiger partial charge on any atom is -0.481 e. The van der Waals surface area contributed by atoms with E-state index < -0.39 is 11.9 Å². The second-order valence-electron chi connectivity index (χ2n) is 5.65. The molecule has 9 heteroatoms. The van der Waals surface area contributed by atoms with Crippen molar-refractivity contribution in [3.63, 3.8) is 0 Å². The number of hydrogen-bond acceptors (Lipinski definition) is 5. The highest BCUT2D eigenvalue weighted by atomic mass is 35.5. The Morgan fingerprint density at radius 3 is 2.56 bits per heavy atom. The lowest BCUT2D eigenvalue weighted by atomic mass is 10.1. The number of amides is 1. The molecule has 25 heavy (non-hydrogen) atoms. The van der Waals surface area contributed by atoms with Crippen LogP contribution in [-0.2, 0) is 9.59 Å². The van der Waals surface area contributed by atoms with Crippen LogP contribution >= 0.6 is 12.4 Å². The number of aryl methyl sites for hydroxylation is 1. The van der Waals surface area contributed by atoms with Gasteiger partial charge >= 0.3 is 5.97 Å². The van der Waals surface area contributed by atoms with Crippen LogP contribution in [0, 0.1) is 12.8 Å². The lowest BCUT2D eigenvalue weighted by molar-refractivity contribution is -0.141. The largest absolute Gasteiger partial charge is 0.481 e. The molecule has 0 aliphatic carbocycles. The predicted molar refractivity (Wildman–Crippen MR) is 92.7 cm³/mol. The van der Waals surface area contributed by atoms with Gasteiger partial charge in [-0.2, -0.15) is 4.68 Å². The smallest absolute Gasteiger partial charge is 0.308 e. The van der Waals surface area contributed by atoms with Crippen molar-refractivity contribution >= 4 is 36.1 Å². The third kappa shape index (κ3) is 4.03. The number of carbonyl (C=O) groups excluding carboxylic acids is 1. The summed E-state index contributed by atoms with van der Waals surface area (Å²) in [6, 6.07) is 9.38. The van der Waals surface area contributed by atoms with Crippen LogP contribution in [0.3, 0.4) is 0 Å². The first kappa shape index (κ1) is 18.6. The maximum atomic E-state index is 12.9. The molecule has 8 nitrogen and oxygen atoms in total. The molecule has 1 aliphatic heterocycles. The number of rotatable bonds is 4. The maximum absolute atomic E-state index is 12.9. The van der Waals surface area contributed by atoms with Crippen LogP contribution in [0.5, 0.6) is 0 Å². The molecule has 0 radical (unpaired) electrons. The van der Waals surface area contributed by atoms with Gasteiger partial charge < -0.3 is 10.0 Å². The van der Waals surface area contributed by atoms with Gasteiger partial charge in [0.2, 0.25) is 0 Å². The Kier molecular flexibility index (Phi) is 5.87. The van der Waals surface area contributed by atoms with E-state index in [0.29, 0.717) is 24.5 Å². The van der Waals surface area contributed by atoms with Crippen molar-refractivity contribution in [2.45, 2.75) is 13.3 Å². The summed E-state index contributed by atoms with van der Waals surface area (Å²) in [5.74, 6) is -1.20. The van der Waals surface area contributed by atoms with Gasteiger partial charge in [0.15, 0.2) is 5.82 Å². The predicted octanol–water partition coefficient (Wildman–Crippen LogP) is 1.33. The van der Waals surface area contributed by atoms with E-state index in [2.05, 4.69) is 15.5 Å². The third-order valence-electron chi connectivity index (χ3n) is 4.00. The molecule has 2 aromatic rings. The van der Waals surface area contributed by atoms with Gasteiger partial charge in [-0.3, -0.25) is 9.59 Å². The first-order valence-electron chi connectivity index (χ1n) is 7.60. The van der Waals surface area contributed by atoms with E-state index in [9.17, 15) is 9.59 Å². The first-order chi connectivity index (χ1) is 11.6. The molecule has 3 rings (SSSR count). The highest BCUT2D eigenvalue weighted by Gasteiger charge is 2.33. The average Bonchev–Trinajstić information content (AvgIpc) is 3.22. The summed E-state index contributed by atoms with van der Waals surface area (Å²) >= 11 is 0. The van der Waals surface area contributed by atoms with E-state index in [0.717, 1.165) is 5.56 Å². The minimum absolute atomic E-state index is 0. The first-order valence-corrected chi connectivity index (χ1v) is 7.60. The maximum Gasteiger partial charge on any atom is 0.308 e. The SMILES string of the molecule is Cc1nnnn1C(=Cc1ccccc1)C(=O)N1CCC(C(=O)O)C1.Cl. The topological polar surface area (TPSA) is 101 Å². The van der Waals surface area contributed by atoms with Crippen LogP contribution < -0.4 is 0 Å². The van der Waals surface area contributed by atoms with Gasteiger partial charge in [-0.25, -0.2) is 0 Å². The molecule has 0 saturated carbocycles. The normalized spacial score (nSPS) is 17.2. The molecular weight excluding hydrogens is 346 g/mol. The third-order valence-corrected chi connectivity index (χ3v) is 4.00. The Labute approximate surface area is 150 Å². The molecule has 1 fully saturated rings. The van der Waals surface area contributed by atoms with Crippen LogP contribution in [-0.4, -0.2) is 55.2 Å². The van der Waals surface area contributed by atoms with Gasteiger partial charge in [-0.1, -0.05) is 30.3 Å². The number of nitrogens with zero attached hydrogens (tertiary/aromatic N) is 5. The summed E-state index contributed by atoms with van der Waals surface area (Å²) in [6.07, 6.45) is 2.16. The lowest BCUT2D eigenvalue weighted by Crippen LogP contribution is -2.32. The molecule has 1 aromatic carbocycles. The van der Waals surface area contributed by atoms with Crippen molar-refractivity contribution in [2.24, 2.45) is 5.92 Å². The van der Waals surface area contributed by atoms with Gasteiger partial charge in [0.25, 0.3) is 5.91 Å². The Balaban J connectivity index is 0.00000225. The van der Waals surface area contributed by atoms with Gasteiger partial charge in [0.1, 0.15) is 5.70 Å². The second-order valence-corrected chi connectivity index (χ2v) is 5.65. The average molecular weight is 364 g/mol. The number of carboxylic acid groups (broad SMARTS) is 1. The van der Waals surface area contributed by atoms with Crippen molar-refractivity contribution in [3.8, 4) is 0 Å². The molecule has 0 spiro atoms. The van der Waals surface area contributed by atoms with E-state index in [1.165, 1.54) is 9.58 Å². The molecule has 1 aliphatic rings. The van der Waals surface area contributed by atoms with Crippen molar-refractivity contribution in [3.05, 3.63) is 41.7 Å². The number of tetrazole rings is 1. The zero-order chi connectivity index (χ0) is 17.1. The molecule has 1 unspecified atom stereocenters. The van der Waals surface area contributed by atoms with Gasteiger partial charge in [0.05, 0.1) is 5.92 Å². The van der Waals surface area contributed by atoms with Crippen LogP contribution in [0.2, 0.25) is 0 Å². The fourth-order valence-electron chi connectivity index (χ4n) is 2.68. The highest BCUT2D eigenvalue weighted by Crippen LogP contribution is 2.21. The summed E-state index contributed by atoms with van der Waals surface area (Å²) in [7, 11) is 0. The quantitative estimate of drug-likeness (QED) is 0.822. The molecule has 1 atom stereocenters. The number of hydrogen-bond donors (Lipinski definition) is 1. The molecule has 1 saturated heterocycles. The van der Waals surface area contributed by atoms with Crippen LogP contribution in [0.25, 0.3) is 11.8 Å². The fourth-order valence-corrected chi connectivity index (χ4v) is 2.68. The summed E-state index contributed by atoms with van der Waals surface area (Å²) in [5, 5.41) is 20.4. The van der Waals surface area contributed by atoms with Crippen LogP contribution in [0.15, 0.2) is 30.3 Å². The van der Waals surface area contributed by atoms with Gasteiger partial charge in [0, 0.05) is 13.1 Å². The Hall–Kier alpha value is -2.74. The number of halogens is 1. The molecule has 1 N–H and O–H groups in total. The van der Waals surface area contributed by atoms with Crippen LogP contribution in [0.4, 0.5) is 0 Å². The summed E-state index contributed by atoms with van der Waals surface area (Å²) < 4.78 is 1.38. The molecular formula is C16H18ClN5O3. The van der Waals surface area contributed by atoms with Crippen LogP contribution in [0.1, 0.15) is 17.8 Å². The zero-order valence-electron chi connectivity index (χ0n) is 13.6. The Bertz CT molecular complexity index is 790. The van der Waals surface area contributed by atoms with Crippen molar-refractivity contribution in [1.29, 1.82) is 0 Å². The number of carboxylic acids is 1. The number of aliphatic carboxylic acids is 1. The van der Waals surface area contributed by atoms with E-state index in [1.54, 1.807) is 13.0 Å². The lowest BCUT2D eigenvalue weighted by Gasteiger charge is -2.18. The molecule has 132 valence electrons. The standard InChI is InChI=1S/C16H17N5O3.ClH/c1-11-17-18-19-21(11)14(9-12-5-3-2-4-6-12)15(22)20-8-7-13(10-20)16(23)24;/h2-6,9,13H,7-8,10H2,1H3,(H,23,24);1H. The molecule has 0 bridgehead atoms. The second kappa shape index (κ2) is 7.89. The zero-order valence-corrected chi connectivity index (χ0v) is 14.4. The minimum atomic E-state index is -0.877. The van der Waals surface area contributed by atoms with Crippen molar-refractivity contribution < 1.29 is 14.7 Å². The molecule has 2 heterocycles. The Morgan fingerprint density at radius 1 is 1.28 bits per heavy atom. The van der Waals surface area contributed by atoms with Gasteiger partial charge in [-0.15, -0.1) is 17.5 Å². The fraction of sp³-hybridized carbons (Fsp3) is 0.312. The number of aromatic nitrogens is 4. The van der Waals surface area contributed by atoms with E-state index in [4.69, 9.17) is 5.11 Å². The number of carbonyl (C=O) groups is 2. The number of likely N-dealkylation sites (tertiary alicyclic amines) is 1. The van der Waals surface area contributed by atoms with E-state index in [-0.39, 0.29) is 24.9 Å². The van der Waals surface area contributed by atoms with Crippen molar-refractivity contribution in [2.75, 3.05) is 13.1 Å². The molecule has 1 amide bonds. The number of benzene rings is 1.